The fourth-order valence-electron chi connectivity index (χ4n) is 2.48. The minimum atomic E-state index is -0.813. The van der Waals surface area contributed by atoms with Crippen molar-refractivity contribution in [2.45, 2.75) is 57.5 Å². The number of nitrogens with zero attached hydrogens (tertiary/aromatic N) is 1. The van der Waals surface area contributed by atoms with E-state index in [1.807, 2.05) is 13.0 Å². The van der Waals surface area contributed by atoms with Gasteiger partial charge in [-0.1, -0.05) is 26.2 Å². The maximum Gasteiger partial charge on any atom is 0.228 e. The Balaban J connectivity index is 1.87. The van der Waals surface area contributed by atoms with Crippen LogP contribution in [0.15, 0.2) is 6.07 Å². The number of aromatic amines is 1. The van der Waals surface area contributed by atoms with Gasteiger partial charge in [-0.2, -0.15) is 5.10 Å². The van der Waals surface area contributed by atoms with Crippen LogP contribution in [0.25, 0.3) is 0 Å². The van der Waals surface area contributed by atoms with E-state index in [0.29, 0.717) is 5.82 Å². The van der Waals surface area contributed by atoms with E-state index in [0.717, 1.165) is 44.2 Å². The van der Waals surface area contributed by atoms with E-state index < -0.39 is 5.60 Å². The van der Waals surface area contributed by atoms with Crippen LogP contribution in [0.4, 0.5) is 5.82 Å². The van der Waals surface area contributed by atoms with Gasteiger partial charge >= 0.3 is 0 Å². The predicted molar refractivity (Wildman–Crippen MR) is 69.2 cm³/mol. The minimum Gasteiger partial charge on any atom is -0.389 e. The van der Waals surface area contributed by atoms with E-state index in [-0.39, 0.29) is 12.3 Å². The van der Waals surface area contributed by atoms with Gasteiger partial charge in [0.25, 0.3) is 0 Å². The number of aliphatic hydroxyl groups is 1. The smallest absolute Gasteiger partial charge is 0.228 e. The van der Waals surface area contributed by atoms with Crippen LogP contribution < -0.4 is 5.32 Å². The van der Waals surface area contributed by atoms with Gasteiger partial charge in [-0.15, -0.1) is 0 Å². The number of carbonyl (C=O) groups is 1. The summed E-state index contributed by atoms with van der Waals surface area (Å²) in [5.74, 6) is 0.379. The third kappa shape index (κ3) is 3.32. The monoisotopic (exact) mass is 251 g/mol. The molecule has 2 rings (SSSR count). The van der Waals surface area contributed by atoms with Crippen LogP contribution in [0.2, 0.25) is 0 Å². The molecule has 1 aromatic rings. The number of nitrogens with one attached hydrogen (secondary N) is 2. The summed E-state index contributed by atoms with van der Waals surface area (Å²) in [5, 5.41) is 19.9. The van der Waals surface area contributed by atoms with Crippen LogP contribution in [-0.2, 0) is 11.2 Å². The van der Waals surface area contributed by atoms with Crippen LogP contribution in [-0.4, -0.2) is 26.8 Å². The zero-order valence-electron chi connectivity index (χ0n) is 10.8. The molecule has 0 saturated heterocycles. The molecular formula is C13H21N3O2. The Morgan fingerprint density at radius 1 is 1.50 bits per heavy atom. The molecule has 100 valence electrons. The van der Waals surface area contributed by atoms with Gasteiger partial charge in [0.15, 0.2) is 5.82 Å². The van der Waals surface area contributed by atoms with Crippen molar-refractivity contribution in [2.24, 2.45) is 0 Å². The summed E-state index contributed by atoms with van der Waals surface area (Å²) < 4.78 is 0. The summed E-state index contributed by atoms with van der Waals surface area (Å²) in [5.41, 5.74) is 0.174. The summed E-state index contributed by atoms with van der Waals surface area (Å²) >= 11 is 0. The number of rotatable bonds is 4. The van der Waals surface area contributed by atoms with E-state index in [1.165, 1.54) is 0 Å². The normalized spacial score (nSPS) is 18.6. The fourth-order valence-corrected chi connectivity index (χ4v) is 2.48. The van der Waals surface area contributed by atoms with Crippen LogP contribution in [0.5, 0.6) is 0 Å². The van der Waals surface area contributed by atoms with Gasteiger partial charge in [0.05, 0.1) is 12.0 Å². The van der Waals surface area contributed by atoms with Crippen molar-refractivity contribution in [1.82, 2.24) is 10.2 Å². The topological polar surface area (TPSA) is 78.0 Å². The average molecular weight is 251 g/mol. The Kier molecular flexibility index (Phi) is 4.01. The molecule has 18 heavy (non-hydrogen) atoms. The first kappa shape index (κ1) is 13.1. The Labute approximate surface area is 107 Å². The van der Waals surface area contributed by atoms with Crippen molar-refractivity contribution >= 4 is 11.7 Å². The minimum absolute atomic E-state index is 0.159. The zero-order chi connectivity index (χ0) is 13.0. The van der Waals surface area contributed by atoms with Crippen molar-refractivity contribution in [3.63, 3.8) is 0 Å². The lowest BCUT2D eigenvalue weighted by Crippen LogP contribution is -2.35. The molecule has 3 N–H and O–H groups in total. The Bertz CT molecular complexity index is 408. The number of aryl methyl sites for hydroxylation is 1. The molecule has 0 unspecified atom stereocenters. The summed E-state index contributed by atoms with van der Waals surface area (Å²) in [7, 11) is 0. The second kappa shape index (κ2) is 5.52. The number of aromatic nitrogens is 2. The van der Waals surface area contributed by atoms with Gasteiger partial charge in [-0.25, -0.2) is 0 Å². The molecule has 1 heterocycles. The maximum absolute atomic E-state index is 11.9. The highest BCUT2D eigenvalue weighted by Crippen LogP contribution is 2.30. The van der Waals surface area contributed by atoms with Gasteiger partial charge in [-0.05, 0) is 19.3 Å². The molecule has 5 heteroatoms. The number of hydrogen-bond acceptors (Lipinski definition) is 3. The highest BCUT2D eigenvalue weighted by atomic mass is 16.3. The number of hydrogen-bond donors (Lipinski definition) is 3. The molecule has 1 amide bonds. The molecule has 1 aromatic heterocycles. The Morgan fingerprint density at radius 2 is 2.22 bits per heavy atom. The molecule has 0 bridgehead atoms. The van der Waals surface area contributed by atoms with Gasteiger partial charge in [0, 0.05) is 11.8 Å². The first-order valence-electron chi connectivity index (χ1n) is 6.68. The first-order chi connectivity index (χ1) is 8.61. The molecule has 0 radical (unpaired) electrons. The van der Waals surface area contributed by atoms with Crippen molar-refractivity contribution in [3.05, 3.63) is 11.8 Å². The molecule has 0 spiro atoms. The molecule has 5 nitrogen and oxygen atoms in total. The number of H-pyrrole nitrogens is 1. The third-order valence-electron chi connectivity index (χ3n) is 3.55. The van der Waals surface area contributed by atoms with Crippen LogP contribution in [0.1, 0.15) is 51.1 Å². The maximum atomic E-state index is 11.9. The largest absolute Gasteiger partial charge is 0.389 e. The van der Waals surface area contributed by atoms with E-state index in [4.69, 9.17) is 0 Å². The number of amides is 1. The van der Waals surface area contributed by atoms with E-state index in [1.54, 1.807) is 0 Å². The lowest BCUT2D eigenvalue weighted by atomic mass is 9.82. The second-order valence-corrected chi connectivity index (χ2v) is 5.14. The van der Waals surface area contributed by atoms with Gasteiger partial charge in [0.1, 0.15) is 0 Å². The Morgan fingerprint density at radius 3 is 2.83 bits per heavy atom. The number of carbonyl (C=O) groups excluding carboxylic acids is 1. The SMILES string of the molecule is CCc1cc(NC(=O)CC2(O)CCCCC2)n[nH]1. The molecule has 1 aliphatic carbocycles. The highest BCUT2D eigenvalue weighted by Gasteiger charge is 2.31. The summed E-state index contributed by atoms with van der Waals surface area (Å²) in [4.78, 5) is 11.9. The molecule has 1 fully saturated rings. The lowest BCUT2D eigenvalue weighted by Gasteiger charge is -2.31. The van der Waals surface area contributed by atoms with E-state index in [9.17, 15) is 9.90 Å². The van der Waals surface area contributed by atoms with Gasteiger partial charge in [-0.3, -0.25) is 9.89 Å². The number of anilines is 1. The lowest BCUT2D eigenvalue weighted by molar-refractivity contribution is -0.122. The van der Waals surface area contributed by atoms with E-state index in [2.05, 4.69) is 15.5 Å². The van der Waals surface area contributed by atoms with Crippen molar-refractivity contribution < 1.29 is 9.90 Å². The molecule has 0 aliphatic heterocycles. The average Bonchev–Trinajstić information content (AvgIpc) is 2.76. The molecule has 1 aliphatic rings. The zero-order valence-corrected chi connectivity index (χ0v) is 10.8. The van der Waals surface area contributed by atoms with Crippen LogP contribution in [0.3, 0.4) is 0 Å². The van der Waals surface area contributed by atoms with Gasteiger partial charge in [0.2, 0.25) is 5.91 Å². The van der Waals surface area contributed by atoms with Crippen molar-refractivity contribution in [2.75, 3.05) is 5.32 Å². The second-order valence-electron chi connectivity index (χ2n) is 5.14. The summed E-state index contributed by atoms with van der Waals surface area (Å²) in [6, 6.07) is 1.82. The predicted octanol–water partition coefficient (Wildman–Crippen LogP) is 2.00. The standard InChI is InChI=1S/C13H21N3O2/c1-2-10-8-11(16-15-10)14-12(17)9-13(18)6-4-3-5-7-13/h8,18H,2-7,9H2,1H3,(H2,14,15,16,17). The fraction of sp³-hybridized carbons (Fsp3) is 0.692. The molecule has 1 saturated carbocycles. The van der Waals surface area contributed by atoms with Crippen molar-refractivity contribution in [3.8, 4) is 0 Å². The molecule has 0 atom stereocenters. The molecular weight excluding hydrogens is 230 g/mol. The molecule has 0 aromatic carbocycles. The first-order valence-corrected chi connectivity index (χ1v) is 6.68. The third-order valence-corrected chi connectivity index (χ3v) is 3.55. The van der Waals surface area contributed by atoms with Gasteiger partial charge < -0.3 is 10.4 Å². The summed E-state index contributed by atoms with van der Waals surface area (Å²) in [6.45, 7) is 2.02. The van der Waals surface area contributed by atoms with Crippen LogP contribution >= 0.6 is 0 Å². The van der Waals surface area contributed by atoms with E-state index >= 15 is 0 Å². The van der Waals surface area contributed by atoms with Crippen LogP contribution in [0, 0.1) is 0 Å². The Hall–Kier alpha value is -1.36. The highest BCUT2D eigenvalue weighted by molar-refractivity contribution is 5.90. The van der Waals surface area contributed by atoms with Crippen molar-refractivity contribution in [1.29, 1.82) is 0 Å². The quantitative estimate of drug-likeness (QED) is 0.765. The summed E-state index contributed by atoms with van der Waals surface area (Å²) in [6.07, 6.45) is 5.64.